The Balaban J connectivity index is 1.41. The van der Waals surface area contributed by atoms with Gasteiger partial charge in [0.05, 0.1) is 22.4 Å². The lowest BCUT2D eigenvalue weighted by molar-refractivity contribution is 0.0925. The smallest absolute Gasteiger partial charge is 0.266 e. The van der Waals surface area contributed by atoms with Crippen LogP contribution >= 0.6 is 0 Å². The van der Waals surface area contributed by atoms with E-state index in [0.29, 0.717) is 33.9 Å². The van der Waals surface area contributed by atoms with Gasteiger partial charge in [-0.15, -0.1) is 0 Å². The highest BCUT2D eigenvalue weighted by molar-refractivity contribution is 6.34. The van der Waals surface area contributed by atoms with Crippen LogP contribution in [0.1, 0.15) is 43.9 Å². The van der Waals surface area contributed by atoms with Gasteiger partial charge in [0.1, 0.15) is 5.82 Å². The van der Waals surface area contributed by atoms with Gasteiger partial charge in [0.25, 0.3) is 17.7 Å². The molecule has 1 aromatic heterocycles. The molecular weight excluding hydrogens is 392 g/mol. The molecule has 1 fully saturated rings. The molecule has 0 aliphatic carbocycles. The molecule has 7 heteroatoms. The molecule has 31 heavy (non-hydrogen) atoms. The monoisotopic (exact) mass is 412 g/mol. The number of anilines is 3. The molecule has 0 atom stereocenters. The molecule has 0 bridgehead atoms. The van der Waals surface area contributed by atoms with Crippen LogP contribution in [0, 0.1) is 0 Å². The maximum Gasteiger partial charge on any atom is 0.266 e. The maximum atomic E-state index is 13.0. The first-order chi connectivity index (χ1) is 15.1. The number of carbonyl (C=O) groups is 3. The van der Waals surface area contributed by atoms with Crippen LogP contribution in [0.5, 0.6) is 0 Å². The van der Waals surface area contributed by atoms with Crippen LogP contribution in [-0.4, -0.2) is 35.8 Å². The summed E-state index contributed by atoms with van der Waals surface area (Å²) in [6, 6.07) is 17.0. The first-order valence-electron chi connectivity index (χ1n) is 10.2. The van der Waals surface area contributed by atoms with Crippen LogP contribution in [0.25, 0.3) is 0 Å². The molecule has 1 saturated heterocycles. The Morgan fingerprint density at radius 2 is 1.58 bits per heavy atom. The number of nitrogens with one attached hydrogen (secondary N) is 1. The highest BCUT2D eigenvalue weighted by atomic mass is 16.2. The molecule has 5 rings (SSSR count). The van der Waals surface area contributed by atoms with Crippen molar-refractivity contribution in [3.8, 4) is 0 Å². The van der Waals surface area contributed by atoms with Gasteiger partial charge >= 0.3 is 0 Å². The summed E-state index contributed by atoms with van der Waals surface area (Å²) < 4.78 is 0. The largest absolute Gasteiger partial charge is 0.356 e. The van der Waals surface area contributed by atoms with E-state index < -0.39 is 0 Å². The molecule has 1 N–H and O–H groups in total. The molecule has 2 aromatic carbocycles. The number of hydrogen-bond donors (Lipinski definition) is 1. The van der Waals surface area contributed by atoms with Gasteiger partial charge in [-0.05, 0) is 55.3 Å². The zero-order valence-electron chi connectivity index (χ0n) is 16.7. The predicted molar refractivity (Wildman–Crippen MR) is 118 cm³/mol. The van der Waals surface area contributed by atoms with Crippen molar-refractivity contribution in [2.24, 2.45) is 0 Å². The van der Waals surface area contributed by atoms with Gasteiger partial charge in [0, 0.05) is 25.0 Å². The van der Waals surface area contributed by atoms with Gasteiger partial charge in [0.15, 0.2) is 0 Å². The van der Waals surface area contributed by atoms with Crippen molar-refractivity contribution < 1.29 is 14.4 Å². The van der Waals surface area contributed by atoms with Gasteiger partial charge in [-0.2, -0.15) is 0 Å². The normalized spacial score (nSPS) is 15.4. The standard InChI is InChI=1S/C24H20N4O3/c29-22(20-11-6-12-25-21(20)27-13-3-4-14-27)26-16-7-5-8-17(15-16)28-23(30)18-9-1-2-10-19(18)24(28)31/h1-2,5-12,15H,3-4,13-14H2,(H,26,29). The number of fused-ring (bicyclic) bond motifs is 1. The Bertz CT molecular complexity index is 1170. The summed E-state index contributed by atoms with van der Waals surface area (Å²) in [7, 11) is 0. The number of carbonyl (C=O) groups excluding carboxylic acids is 3. The first-order valence-corrected chi connectivity index (χ1v) is 10.2. The summed E-state index contributed by atoms with van der Waals surface area (Å²) in [4.78, 5) is 46.2. The molecule has 154 valence electrons. The average molecular weight is 412 g/mol. The Kier molecular flexibility index (Phi) is 4.71. The van der Waals surface area contributed by atoms with Crippen LogP contribution in [0.15, 0.2) is 66.9 Å². The Hall–Kier alpha value is -4.00. The van der Waals surface area contributed by atoms with Crippen molar-refractivity contribution in [3.05, 3.63) is 83.6 Å². The van der Waals surface area contributed by atoms with E-state index in [2.05, 4.69) is 15.2 Å². The maximum absolute atomic E-state index is 13.0. The molecule has 3 heterocycles. The lowest BCUT2D eigenvalue weighted by atomic mass is 10.1. The second kappa shape index (κ2) is 7.68. The van der Waals surface area contributed by atoms with Crippen molar-refractivity contribution >= 4 is 34.9 Å². The highest BCUT2D eigenvalue weighted by Gasteiger charge is 2.36. The average Bonchev–Trinajstić information content (AvgIpc) is 3.42. The van der Waals surface area contributed by atoms with E-state index in [9.17, 15) is 14.4 Å². The number of benzene rings is 2. The van der Waals surface area contributed by atoms with Crippen molar-refractivity contribution in [1.29, 1.82) is 0 Å². The fourth-order valence-corrected chi connectivity index (χ4v) is 4.10. The molecule has 2 aliphatic rings. The summed E-state index contributed by atoms with van der Waals surface area (Å²) in [5.41, 5.74) is 2.17. The number of amides is 3. The molecular formula is C24H20N4O3. The van der Waals surface area contributed by atoms with Gasteiger partial charge in [-0.3, -0.25) is 14.4 Å². The minimum absolute atomic E-state index is 0.283. The molecule has 7 nitrogen and oxygen atoms in total. The molecule has 3 amide bonds. The van der Waals surface area contributed by atoms with E-state index in [0.717, 1.165) is 30.8 Å². The number of imide groups is 1. The van der Waals surface area contributed by atoms with Crippen LogP contribution < -0.4 is 15.1 Å². The Labute approximate surface area is 179 Å². The quantitative estimate of drug-likeness (QED) is 0.660. The van der Waals surface area contributed by atoms with E-state index in [1.54, 1.807) is 66.9 Å². The SMILES string of the molecule is O=C(Nc1cccc(N2C(=O)c3ccccc3C2=O)c1)c1cccnc1N1CCCC1. The van der Waals surface area contributed by atoms with Crippen molar-refractivity contribution in [3.63, 3.8) is 0 Å². The molecule has 3 aromatic rings. The minimum atomic E-state index is -0.368. The minimum Gasteiger partial charge on any atom is -0.356 e. The van der Waals surface area contributed by atoms with E-state index >= 15 is 0 Å². The topological polar surface area (TPSA) is 82.6 Å². The fourth-order valence-electron chi connectivity index (χ4n) is 4.10. The Morgan fingerprint density at radius 3 is 2.29 bits per heavy atom. The summed E-state index contributed by atoms with van der Waals surface area (Å²) in [5.74, 6) is -0.344. The van der Waals surface area contributed by atoms with Crippen molar-refractivity contribution in [2.75, 3.05) is 28.2 Å². The molecule has 0 saturated carbocycles. The molecule has 0 spiro atoms. The lowest BCUT2D eigenvalue weighted by Crippen LogP contribution is -2.29. The van der Waals surface area contributed by atoms with E-state index in [-0.39, 0.29) is 17.7 Å². The highest BCUT2D eigenvalue weighted by Crippen LogP contribution is 2.30. The summed E-state index contributed by atoms with van der Waals surface area (Å²) in [5, 5.41) is 2.88. The zero-order chi connectivity index (χ0) is 21.4. The summed E-state index contributed by atoms with van der Waals surface area (Å²) >= 11 is 0. The van der Waals surface area contributed by atoms with E-state index in [1.165, 1.54) is 0 Å². The van der Waals surface area contributed by atoms with Crippen molar-refractivity contribution in [2.45, 2.75) is 12.8 Å². The van der Waals surface area contributed by atoms with Gasteiger partial charge in [0.2, 0.25) is 0 Å². The summed E-state index contributed by atoms with van der Waals surface area (Å²) in [6.45, 7) is 1.76. The van der Waals surface area contributed by atoms with Gasteiger partial charge in [-0.25, -0.2) is 9.88 Å². The Morgan fingerprint density at radius 1 is 0.871 bits per heavy atom. The van der Waals surface area contributed by atoms with Gasteiger partial charge < -0.3 is 10.2 Å². The number of aromatic nitrogens is 1. The summed E-state index contributed by atoms with van der Waals surface area (Å²) in [6.07, 6.45) is 3.85. The number of hydrogen-bond acceptors (Lipinski definition) is 5. The second-order valence-corrected chi connectivity index (χ2v) is 7.56. The van der Waals surface area contributed by atoms with E-state index in [4.69, 9.17) is 0 Å². The van der Waals surface area contributed by atoms with Crippen LogP contribution in [0.4, 0.5) is 17.2 Å². The van der Waals surface area contributed by atoms with Crippen LogP contribution in [0.3, 0.4) is 0 Å². The fraction of sp³-hybridized carbons (Fsp3) is 0.167. The third kappa shape index (κ3) is 3.34. The van der Waals surface area contributed by atoms with Crippen LogP contribution in [0.2, 0.25) is 0 Å². The first kappa shape index (κ1) is 19.0. The molecule has 0 radical (unpaired) electrons. The van der Waals surface area contributed by atoms with Crippen molar-refractivity contribution in [1.82, 2.24) is 4.98 Å². The molecule has 0 unspecified atom stereocenters. The lowest BCUT2D eigenvalue weighted by Gasteiger charge is -2.19. The molecule has 2 aliphatic heterocycles. The third-order valence-electron chi connectivity index (χ3n) is 5.59. The van der Waals surface area contributed by atoms with Crippen LogP contribution in [-0.2, 0) is 0 Å². The second-order valence-electron chi connectivity index (χ2n) is 7.56. The third-order valence-corrected chi connectivity index (χ3v) is 5.59. The van der Waals surface area contributed by atoms with Gasteiger partial charge in [-0.1, -0.05) is 18.2 Å². The zero-order valence-corrected chi connectivity index (χ0v) is 16.7. The number of nitrogens with zero attached hydrogens (tertiary/aromatic N) is 3. The van der Waals surface area contributed by atoms with E-state index in [1.807, 2.05) is 0 Å². The number of rotatable bonds is 4. The number of pyridine rings is 1. The predicted octanol–water partition coefficient (Wildman–Crippen LogP) is 3.73.